The Hall–Kier alpha value is -0.0600. The van der Waals surface area contributed by atoms with Crippen molar-refractivity contribution in [2.45, 2.75) is 18.9 Å². The molecule has 2 nitrogen and oxygen atoms in total. The fourth-order valence-electron chi connectivity index (χ4n) is 1.82. The molecule has 1 saturated heterocycles. The van der Waals surface area contributed by atoms with Gasteiger partial charge in [0.2, 0.25) is 0 Å². The Labute approximate surface area is 100.0 Å². The number of aromatic hydroxyl groups is 1. The number of hydrogen-bond acceptors (Lipinski definition) is 2. The van der Waals surface area contributed by atoms with Crippen LogP contribution in [0.5, 0.6) is 5.75 Å². The Morgan fingerprint density at radius 3 is 2.64 bits per heavy atom. The van der Waals surface area contributed by atoms with Gasteiger partial charge in [-0.25, -0.2) is 0 Å². The quantitative estimate of drug-likeness (QED) is 0.831. The van der Waals surface area contributed by atoms with Gasteiger partial charge >= 0.3 is 0 Å². The van der Waals surface area contributed by atoms with Crippen LogP contribution in [0.1, 0.15) is 24.4 Å². The van der Waals surface area contributed by atoms with Crippen LogP contribution in [0.4, 0.5) is 0 Å². The molecular formula is C10H11Br2NO. The third kappa shape index (κ3) is 1.83. The highest BCUT2D eigenvalue weighted by Crippen LogP contribution is 2.40. The third-order valence-electron chi connectivity index (χ3n) is 2.52. The summed E-state index contributed by atoms with van der Waals surface area (Å²) in [5, 5.41) is 13.3. The molecule has 0 radical (unpaired) electrons. The molecular weight excluding hydrogens is 310 g/mol. The van der Waals surface area contributed by atoms with Crippen LogP contribution < -0.4 is 5.32 Å². The first-order chi connectivity index (χ1) is 6.70. The maximum Gasteiger partial charge on any atom is 0.135 e. The van der Waals surface area contributed by atoms with Crippen LogP contribution >= 0.6 is 31.9 Å². The van der Waals surface area contributed by atoms with Crippen molar-refractivity contribution in [2.75, 3.05) is 6.54 Å². The van der Waals surface area contributed by atoms with Crippen LogP contribution in [0.2, 0.25) is 0 Å². The zero-order valence-electron chi connectivity index (χ0n) is 7.56. The van der Waals surface area contributed by atoms with Gasteiger partial charge in [0.25, 0.3) is 0 Å². The number of nitrogens with one attached hydrogen (secondary N) is 1. The lowest BCUT2D eigenvalue weighted by atomic mass is 10.0. The van der Waals surface area contributed by atoms with Crippen molar-refractivity contribution in [3.05, 3.63) is 26.6 Å². The van der Waals surface area contributed by atoms with Crippen LogP contribution in [0.25, 0.3) is 0 Å². The highest BCUT2D eigenvalue weighted by atomic mass is 79.9. The molecule has 1 atom stereocenters. The smallest absolute Gasteiger partial charge is 0.135 e. The molecule has 1 heterocycles. The van der Waals surface area contributed by atoms with E-state index in [1.807, 2.05) is 12.1 Å². The summed E-state index contributed by atoms with van der Waals surface area (Å²) in [7, 11) is 0. The SMILES string of the molecule is Oc1c(Br)ccc(Br)c1[C@@H]1CCCN1. The molecule has 0 aliphatic carbocycles. The maximum absolute atomic E-state index is 9.92. The van der Waals surface area contributed by atoms with Gasteiger partial charge in [-0.2, -0.15) is 0 Å². The number of phenolic OH excluding ortho intramolecular Hbond substituents is 1. The van der Waals surface area contributed by atoms with Gasteiger partial charge in [-0.3, -0.25) is 0 Å². The first-order valence-electron chi connectivity index (χ1n) is 4.60. The molecule has 1 aromatic rings. The van der Waals surface area contributed by atoms with Gasteiger partial charge in [0.05, 0.1) is 4.47 Å². The summed E-state index contributed by atoms with van der Waals surface area (Å²) in [4.78, 5) is 0. The van der Waals surface area contributed by atoms with Crippen LogP contribution in [0.3, 0.4) is 0 Å². The summed E-state index contributed by atoms with van der Waals surface area (Å²) in [6, 6.07) is 4.08. The number of halogens is 2. The van der Waals surface area contributed by atoms with E-state index in [9.17, 15) is 5.11 Å². The molecule has 76 valence electrons. The lowest BCUT2D eigenvalue weighted by Crippen LogP contribution is -2.13. The summed E-state index contributed by atoms with van der Waals surface area (Å²) in [5.74, 6) is 0.346. The van der Waals surface area contributed by atoms with Crippen molar-refractivity contribution in [2.24, 2.45) is 0 Å². The van der Waals surface area contributed by atoms with Crippen LogP contribution in [0, 0.1) is 0 Å². The van der Waals surface area contributed by atoms with Crippen molar-refractivity contribution >= 4 is 31.9 Å². The molecule has 0 bridgehead atoms. The first-order valence-corrected chi connectivity index (χ1v) is 6.19. The highest BCUT2D eigenvalue weighted by molar-refractivity contribution is 9.11. The topological polar surface area (TPSA) is 32.3 Å². The minimum Gasteiger partial charge on any atom is -0.506 e. The van der Waals surface area contributed by atoms with E-state index >= 15 is 0 Å². The van der Waals surface area contributed by atoms with Crippen molar-refractivity contribution in [1.82, 2.24) is 5.32 Å². The average molecular weight is 321 g/mol. The Bertz CT molecular complexity index is 348. The van der Waals surface area contributed by atoms with Gasteiger partial charge in [-0.05, 0) is 47.4 Å². The number of phenols is 1. The Morgan fingerprint density at radius 2 is 2.00 bits per heavy atom. The van der Waals surface area contributed by atoms with Crippen molar-refractivity contribution in [3.8, 4) is 5.75 Å². The third-order valence-corrected chi connectivity index (χ3v) is 3.85. The van der Waals surface area contributed by atoms with Crippen molar-refractivity contribution in [3.63, 3.8) is 0 Å². The van der Waals surface area contributed by atoms with Gasteiger partial charge in [-0.15, -0.1) is 0 Å². The number of hydrogen-bond donors (Lipinski definition) is 2. The Morgan fingerprint density at radius 1 is 1.29 bits per heavy atom. The van der Waals surface area contributed by atoms with Crippen LogP contribution in [0.15, 0.2) is 21.1 Å². The standard InChI is InChI=1S/C10H11Br2NO/c11-6-3-4-7(12)10(14)9(6)8-2-1-5-13-8/h3-4,8,13-14H,1-2,5H2/t8-/m0/s1. The van der Waals surface area contributed by atoms with E-state index in [4.69, 9.17) is 0 Å². The van der Waals surface area contributed by atoms with E-state index in [-0.39, 0.29) is 6.04 Å². The maximum atomic E-state index is 9.92. The van der Waals surface area contributed by atoms with E-state index in [0.29, 0.717) is 5.75 Å². The van der Waals surface area contributed by atoms with Gasteiger partial charge in [0.15, 0.2) is 0 Å². The van der Waals surface area contributed by atoms with Crippen LogP contribution in [-0.4, -0.2) is 11.7 Å². The molecule has 2 rings (SSSR count). The summed E-state index contributed by atoms with van der Waals surface area (Å²) in [5.41, 5.74) is 0.969. The Kier molecular flexibility index (Phi) is 3.14. The number of rotatable bonds is 1. The lowest BCUT2D eigenvalue weighted by molar-refractivity contribution is 0.453. The molecule has 0 unspecified atom stereocenters. The van der Waals surface area contributed by atoms with E-state index in [1.54, 1.807) is 0 Å². The minimum absolute atomic E-state index is 0.280. The summed E-state index contributed by atoms with van der Waals surface area (Å²) < 4.78 is 1.72. The molecule has 0 aromatic heterocycles. The molecule has 0 spiro atoms. The minimum atomic E-state index is 0.280. The van der Waals surface area contributed by atoms with E-state index in [0.717, 1.165) is 27.5 Å². The predicted molar refractivity (Wildman–Crippen MR) is 63.5 cm³/mol. The van der Waals surface area contributed by atoms with E-state index in [1.165, 1.54) is 6.42 Å². The van der Waals surface area contributed by atoms with Crippen molar-refractivity contribution < 1.29 is 5.11 Å². The first kappa shape index (κ1) is 10.5. The second-order valence-corrected chi connectivity index (χ2v) is 5.15. The fourth-order valence-corrected chi connectivity index (χ4v) is 2.76. The average Bonchev–Trinajstić information content (AvgIpc) is 2.65. The predicted octanol–water partition coefficient (Wildman–Crippen LogP) is 3.34. The molecule has 2 N–H and O–H groups in total. The molecule has 1 aromatic carbocycles. The second kappa shape index (κ2) is 4.21. The molecule has 1 aliphatic heterocycles. The normalized spacial score (nSPS) is 21.4. The molecule has 1 fully saturated rings. The number of benzene rings is 1. The Balaban J connectivity index is 2.44. The van der Waals surface area contributed by atoms with E-state index < -0.39 is 0 Å². The molecule has 0 saturated carbocycles. The summed E-state index contributed by atoms with van der Waals surface area (Å²) >= 11 is 6.80. The second-order valence-electron chi connectivity index (χ2n) is 3.44. The van der Waals surface area contributed by atoms with Crippen LogP contribution in [-0.2, 0) is 0 Å². The molecule has 1 aliphatic rings. The zero-order valence-corrected chi connectivity index (χ0v) is 10.7. The van der Waals surface area contributed by atoms with Gasteiger partial charge in [-0.1, -0.05) is 15.9 Å². The zero-order chi connectivity index (χ0) is 10.1. The monoisotopic (exact) mass is 319 g/mol. The molecule has 4 heteroatoms. The van der Waals surface area contributed by atoms with Gasteiger partial charge < -0.3 is 10.4 Å². The summed E-state index contributed by atoms with van der Waals surface area (Å²) in [6.07, 6.45) is 2.26. The van der Waals surface area contributed by atoms with Gasteiger partial charge in [0.1, 0.15) is 5.75 Å². The van der Waals surface area contributed by atoms with Gasteiger partial charge in [0, 0.05) is 16.1 Å². The lowest BCUT2D eigenvalue weighted by Gasteiger charge is -2.15. The molecule has 0 amide bonds. The molecule has 14 heavy (non-hydrogen) atoms. The largest absolute Gasteiger partial charge is 0.506 e. The van der Waals surface area contributed by atoms with E-state index in [2.05, 4.69) is 37.2 Å². The summed E-state index contributed by atoms with van der Waals surface area (Å²) in [6.45, 7) is 1.03. The fraction of sp³-hybridized carbons (Fsp3) is 0.400. The van der Waals surface area contributed by atoms with Crippen molar-refractivity contribution in [1.29, 1.82) is 0 Å². The highest BCUT2D eigenvalue weighted by Gasteiger charge is 2.22.